The molecule has 3 rings (SSSR count). The molecule has 0 spiro atoms. The van der Waals surface area contributed by atoms with E-state index in [-0.39, 0.29) is 6.61 Å². The summed E-state index contributed by atoms with van der Waals surface area (Å²) in [4.78, 5) is 2.18. The first-order valence-corrected chi connectivity index (χ1v) is 7.29. The van der Waals surface area contributed by atoms with Crippen molar-refractivity contribution in [3.05, 3.63) is 30.7 Å². The smallest absolute Gasteiger partial charge is 0.247 e. The first kappa shape index (κ1) is 15.0. The molecule has 1 aliphatic rings. The quantitative estimate of drug-likeness (QED) is 0.845. The molecule has 1 aromatic heterocycles. The van der Waals surface area contributed by atoms with Crippen LogP contribution in [0.25, 0.3) is 11.5 Å². The van der Waals surface area contributed by atoms with Crippen LogP contribution >= 0.6 is 0 Å². The zero-order chi connectivity index (χ0) is 15.2. The second-order valence-corrected chi connectivity index (χ2v) is 5.15. The average Bonchev–Trinajstić information content (AvgIpc) is 3.09. The highest BCUT2D eigenvalue weighted by Gasteiger charge is 2.15. The first-order valence-electron chi connectivity index (χ1n) is 7.29. The fourth-order valence-corrected chi connectivity index (χ4v) is 2.32. The number of hydrogen-bond donors (Lipinski definition) is 1. The molecular formula is C15H19N3O4. The zero-order valence-electron chi connectivity index (χ0n) is 12.2. The summed E-state index contributed by atoms with van der Waals surface area (Å²) < 4.78 is 16.0. The Kier molecular flexibility index (Phi) is 4.99. The molecule has 7 nitrogen and oxygen atoms in total. The molecule has 1 aliphatic heterocycles. The van der Waals surface area contributed by atoms with Gasteiger partial charge in [0.05, 0.1) is 13.2 Å². The minimum Gasteiger partial charge on any atom is -0.491 e. The van der Waals surface area contributed by atoms with Gasteiger partial charge in [-0.25, -0.2) is 0 Å². The van der Waals surface area contributed by atoms with E-state index < -0.39 is 6.10 Å². The largest absolute Gasteiger partial charge is 0.491 e. The lowest BCUT2D eigenvalue weighted by Crippen LogP contribution is -2.42. The van der Waals surface area contributed by atoms with Crippen LogP contribution in [-0.2, 0) is 4.74 Å². The van der Waals surface area contributed by atoms with Crippen molar-refractivity contribution in [3.8, 4) is 17.2 Å². The molecular weight excluding hydrogens is 286 g/mol. The van der Waals surface area contributed by atoms with Crippen LogP contribution in [0.4, 0.5) is 0 Å². The normalized spacial score (nSPS) is 17.3. The van der Waals surface area contributed by atoms with Crippen molar-refractivity contribution in [2.24, 2.45) is 0 Å². The fourth-order valence-electron chi connectivity index (χ4n) is 2.32. The molecule has 2 heterocycles. The molecule has 1 N–H and O–H groups in total. The van der Waals surface area contributed by atoms with Crippen LogP contribution in [0.1, 0.15) is 0 Å². The molecule has 0 aliphatic carbocycles. The Balaban J connectivity index is 1.46. The molecule has 1 atom stereocenters. The molecule has 2 aromatic rings. The number of aromatic nitrogens is 2. The van der Waals surface area contributed by atoms with Gasteiger partial charge in [-0.3, -0.25) is 4.90 Å². The van der Waals surface area contributed by atoms with Gasteiger partial charge in [0.2, 0.25) is 12.3 Å². The average molecular weight is 305 g/mol. The van der Waals surface area contributed by atoms with Crippen molar-refractivity contribution in [2.75, 3.05) is 39.5 Å². The van der Waals surface area contributed by atoms with Gasteiger partial charge in [0.1, 0.15) is 18.5 Å². The SMILES string of the molecule is OC(COc1ccc(-c2nnco2)cc1)CN1CCOCC1. The number of morpholine rings is 1. The molecule has 0 saturated carbocycles. The van der Waals surface area contributed by atoms with Crippen LogP contribution in [-0.4, -0.2) is 65.8 Å². The van der Waals surface area contributed by atoms with Crippen LogP contribution < -0.4 is 4.74 Å². The summed E-state index contributed by atoms with van der Waals surface area (Å²) in [6.07, 6.45) is 0.774. The summed E-state index contributed by atoms with van der Waals surface area (Å²) in [5.41, 5.74) is 0.832. The molecule has 1 aromatic carbocycles. The number of rotatable bonds is 6. The maximum Gasteiger partial charge on any atom is 0.247 e. The number of ether oxygens (including phenoxy) is 2. The highest BCUT2D eigenvalue weighted by Crippen LogP contribution is 2.20. The monoisotopic (exact) mass is 305 g/mol. The number of nitrogens with zero attached hydrogens (tertiary/aromatic N) is 3. The molecule has 7 heteroatoms. The predicted molar refractivity (Wildman–Crippen MR) is 78.5 cm³/mol. The van der Waals surface area contributed by atoms with Crippen molar-refractivity contribution >= 4 is 0 Å². The highest BCUT2D eigenvalue weighted by atomic mass is 16.5. The molecule has 0 amide bonds. The number of aliphatic hydroxyl groups excluding tert-OH is 1. The van der Waals surface area contributed by atoms with Crippen LogP contribution in [0.15, 0.2) is 35.1 Å². The molecule has 118 valence electrons. The number of hydrogen-bond acceptors (Lipinski definition) is 7. The summed E-state index contributed by atoms with van der Waals surface area (Å²) >= 11 is 0. The van der Waals surface area contributed by atoms with Gasteiger partial charge in [-0.2, -0.15) is 0 Å². The molecule has 22 heavy (non-hydrogen) atoms. The van der Waals surface area contributed by atoms with Gasteiger partial charge < -0.3 is 19.0 Å². The Bertz CT molecular complexity index is 553. The van der Waals surface area contributed by atoms with Crippen molar-refractivity contribution in [3.63, 3.8) is 0 Å². The summed E-state index contributed by atoms with van der Waals surface area (Å²) in [5, 5.41) is 17.5. The third-order valence-electron chi connectivity index (χ3n) is 3.48. The zero-order valence-corrected chi connectivity index (χ0v) is 12.2. The third kappa shape index (κ3) is 4.03. The second-order valence-electron chi connectivity index (χ2n) is 5.15. The lowest BCUT2D eigenvalue weighted by molar-refractivity contribution is 0.00465. The number of β-amino-alcohol motifs (C(OH)–C–C–N with tert-alkyl or cyclic N) is 1. The van der Waals surface area contributed by atoms with E-state index in [0.29, 0.717) is 18.2 Å². The van der Waals surface area contributed by atoms with E-state index in [1.165, 1.54) is 6.39 Å². The lowest BCUT2D eigenvalue weighted by atomic mass is 10.2. The first-order chi connectivity index (χ1) is 10.8. The number of benzene rings is 1. The van der Waals surface area contributed by atoms with Crippen molar-refractivity contribution in [1.82, 2.24) is 15.1 Å². The van der Waals surface area contributed by atoms with Crippen molar-refractivity contribution in [1.29, 1.82) is 0 Å². The van der Waals surface area contributed by atoms with Gasteiger partial charge >= 0.3 is 0 Å². The van der Waals surface area contributed by atoms with Gasteiger partial charge in [-0.1, -0.05) is 0 Å². The van der Waals surface area contributed by atoms with Crippen molar-refractivity contribution < 1.29 is 19.0 Å². The summed E-state index contributed by atoms with van der Waals surface area (Å²) in [7, 11) is 0. The molecule has 1 saturated heterocycles. The Labute approximate surface area is 128 Å². The molecule has 1 fully saturated rings. The Morgan fingerprint density at radius 1 is 1.23 bits per heavy atom. The maximum atomic E-state index is 10.0. The summed E-state index contributed by atoms with van der Waals surface area (Å²) in [5.74, 6) is 1.17. The van der Waals surface area contributed by atoms with Gasteiger partial charge in [-0.15, -0.1) is 10.2 Å². The van der Waals surface area contributed by atoms with E-state index in [1.807, 2.05) is 24.3 Å². The predicted octanol–water partition coefficient (Wildman–Crippen LogP) is 0.808. The van der Waals surface area contributed by atoms with E-state index >= 15 is 0 Å². The van der Waals surface area contributed by atoms with Crippen LogP contribution in [0, 0.1) is 0 Å². The summed E-state index contributed by atoms with van der Waals surface area (Å²) in [6, 6.07) is 7.33. The van der Waals surface area contributed by atoms with E-state index in [0.717, 1.165) is 31.9 Å². The fraction of sp³-hybridized carbons (Fsp3) is 0.467. The molecule has 0 radical (unpaired) electrons. The molecule has 1 unspecified atom stereocenters. The van der Waals surface area contributed by atoms with Crippen LogP contribution in [0.3, 0.4) is 0 Å². The highest BCUT2D eigenvalue weighted by molar-refractivity contribution is 5.53. The second kappa shape index (κ2) is 7.35. The minimum absolute atomic E-state index is 0.261. The Morgan fingerprint density at radius 3 is 2.68 bits per heavy atom. The Hall–Kier alpha value is -1.96. The topological polar surface area (TPSA) is 80.8 Å². The minimum atomic E-state index is -0.520. The van der Waals surface area contributed by atoms with Gasteiger partial charge in [0.15, 0.2) is 0 Å². The van der Waals surface area contributed by atoms with E-state index in [2.05, 4.69) is 15.1 Å². The van der Waals surface area contributed by atoms with Gasteiger partial charge in [0, 0.05) is 25.2 Å². The van der Waals surface area contributed by atoms with Crippen molar-refractivity contribution in [2.45, 2.75) is 6.10 Å². The standard InChI is InChI=1S/C15H19N3O4/c19-13(9-18-5-7-20-8-6-18)10-21-14-3-1-12(2-4-14)15-17-16-11-22-15/h1-4,11,13,19H,5-10H2. The lowest BCUT2D eigenvalue weighted by Gasteiger charge is -2.28. The van der Waals surface area contributed by atoms with E-state index in [4.69, 9.17) is 13.9 Å². The number of aliphatic hydroxyl groups is 1. The van der Waals surface area contributed by atoms with E-state index in [9.17, 15) is 5.11 Å². The maximum absolute atomic E-state index is 10.0. The van der Waals surface area contributed by atoms with Gasteiger partial charge in [-0.05, 0) is 24.3 Å². The Morgan fingerprint density at radius 2 is 2.00 bits per heavy atom. The molecule has 0 bridgehead atoms. The third-order valence-corrected chi connectivity index (χ3v) is 3.48. The van der Waals surface area contributed by atoms with Crippen LogP contribution in [0.5, 0.6) is 5.75 Å². The van der Waals surface area contributed by atoms with E-state index in [1.54, 1.807) is 0 Å². The summed E-state index contributed by atoms with van der Waals surface area (Å²) in [6.45, 7) is 4.03. The van der Waals surface area contributed by atoms with Gasteiger partial charge in [0.25, 0.3) is 0 Å². The van der Waals surface area contributed by atoms with Crippen LogP contribution in [0.2, 0.25) is 0 Å².